The number of amides is 1. The van der Waals surface area contributed by atoms with Gasteiger partial charge in [-0.3, -0.25) is 4.79 Å². The van der Waals surface area contributed by atoms with E-state index in [0.717, 1.165) is 10.0 Å². The van der Waals surface area contributed by atoms with Gasteiger partial charge in [-0.2, -0.15) is 5.26 Å². The number of hydrogen-bond donors (Lipinski definition) is 1. The minimum atomic E-state index is -0.720. The quantitative estimate of drug-likeness (QED) is 0.346. The zero-order valence-electron chi connectivity index (χ0n) is 16.6. The number of hydrogen-bond acceptors (Lipinski definition) is 4. The second kappa shape index (κ2) is 10.4. The zero-order valence-corrected chi connectivity index (χ0v) is 18.1. The van der Waals surface area contributed by atoms with Crippen molar-refractivity contribution in [1.29, 1.82) is 5.26 Å². The van der Waals surface area contributed by atoms with Crippen LogP contribution in [0.3, 0.4) is 0 Å². The highest BCUT2D eigenvalue weighted by atomic mass is 79.9. The number of anilines is 1. The first-order valence-electron chi connectivity index (χ1n) is 9.23. The van der Waals surface area contributed by atoms with Gasteiger partial charge in [0.1, 0.15) is 35.6 Å². The van der Waals surface area contributed by atoms with E-state index in [1.165, 1.54) is 31.4 Å². The molecule has 5 nitrogen and oxygen atoms in total. The molecule has 31 heavy (non-hydrogen) atoms. The summed E-state index contributed by atoms with van der Waals surface area (Å²) in [4.78, 5) is 12.5. The Morgan fingerprint density at radius 2 is 1.90 bits per heavy atom. The van der Waals surface area contributed by atoms with Gasteiger partial charge in [0.25, 0.3) is 5.91 Å². The predicted octanol–water partition coefficient (Wildman–Crippen LogP) is 5.72. The molecule has 0 aliphatic rings. The Kier molecular flexibility index (Phi) is 7.41. The van der Waals surface area contributed by atoms with Crippen molar-refractivity contribution >= 4 is 33.6 Å². The number of nitrogens with zero attached hydrogens (tertiary/aromatic N) is 1. The van der Waals surface area contributed by atoms with Gasteiger partial charge >= 0.3 is 0 Å². The van der Waals surface area contributed by atoms with Gasteiger partial charge in [0.2, 0.25) is 0 Å². The first-order chi connectivity index (χ1) is 15.0. The van der Waals surface area contributed by atoms with E-state index in [4.69, 9.17) is 9.47 Å². The molecule has 156 valence electrons. The van der Waals surface area contributed by atoms with Crippen LogP contribution < -0.4 is 14.8 Å². The van der Waals surface area contributed by atoms with Crippen LogP contribution >= 0.6 is 15.9 Å². The number of carbonyl (C=O) groups is 1. The fourth-order valence-electron chi connectivity index (χ4n) is 2.68. The van der Waals surface area contributed by atoms with E-state index in [-0.39, 0.29) is 17.9 Å². The molecule has 0 spiro atoms. The maximum atomic E-state index is 13.8. The van der Waals surface area contributed by atoms with Gasteiger partial charge in [-0.05, 0) is 48.0 Å². The Hall–Kier alpha value is -3.63. The summed E-state index contributed by atoms with van der Waals surface area (Å²) in [7, 11) is 1.53. The van der Waals surface area contributed by atoms with Crippen LogP contribution in [0.15, 0.2) is 76.8 Å². The summed E-state index contributed by atoms with van der Waals surface area (Å²) in [6, 6.07) is 20.3. The molecule has 0 aliphatic heterocycles. The summed E-state index contributed by atoms with van der Waals surface area (Å²) in [5.74, 6) is -0.302. The highest BCUT2D eigenvalue weighted by Crippen LogP contribution is 2.28. The van der Waals surface area contributed by atoms with Crippen molar-refractivity contribution in [3.63, 3.8) is 0 Å². The lowest BCUT2D eigenvalue weighted by Gasteiger charge is -2.12. The third-order valence-electron chi connectivity index (χ3n) is 4.32. The minimum Gasteiger partial charge on any atom is -0.497 e. The van der Waals surface area contributed by atoms with Gasteiger partial charge in [0, 0.05) is 16.1 Å². The van der Waals surface area contributed by atoms with Crippen molar-refractivity contribution in [3.8, 4) is 17.6 Å². The number of carbonyl (C=O) groups excluding carboxylic acids is 1. The number of para-hydroxylation sites is 1. The predicted molar refractivity (Wildman–Crippen MR) is 120 cm³/mol. The summed E-state index contributed by atoms with van der Waals surface area (Å²) in [6.45, 7) is 0.282. The first-order valence-corrected chi connectivity index (χ1v) is 10.0. The average Bonchev–Trinajstić information content (AvgIpc) is 2.79. The number of nitrogens with one attached hydrogen (secondary N) is 1. The Morgan fingerprint density at radius 1 is 1.16 bits per heavy atom. The van der Waals surface area contributed by atoms with Crippen LogP contribution in [0, 0.1) is 17.1 Å². The lowest BCUT2D eigenvalue weighted by Crippen LogP contribution is -2.14. The van der Waals surface area contributed by atoms with E-state index in [1.807, 2.05) is 30.3 Å². The Balaban J connectivity index is 1.86. The Bertz CT molecular complexity index is 1150. The molecular weight excluding hydrogens is 463 g/mol. The molecule has 0 aliphatic carbocycles. The maximum absolute atomic E-state index is 13.8. The lowest BCUT2D eigenvalue weighted by atomic mass is 10.1. The fraction of sp³-hybridized carbons (Fsp3) is 0.0833. The fourth-order valence-corrected chi connectivity index (χ4v) is 2.95. The summed E-state index contributed by atoms with van der Waals surface area (Å²) in [5, 5.41) is 11.9. The van der Waals surface area contributed by atoms with Crippen LogP contribution in [-0.2, 0) is 11.4 Å². The van der Waals surface area contributed by atoms with E-state index in [1.54, 1.807) is 24.3 Å². The van der Waals surface area contributed by atoms with Gasteiger partial charge in [-0.1, -0.05) is 40.2 Å². The first kappa shape index (κ1) is 22.1. The molecule has 1 amide bonds. The zero-order chi connectivity index (χ0) is 22.2. The molecule has 3 aromatic carbocycles. The van der Waals surface area contributed by atoms with Crippen LogP contribution in [0.25, 0.3) is 6.08 Å². The number of rotatable bonds is 7. The molecule has 0 saturated heterocycles. The largest absolute Gasteiger partial charge is 0.497 e. The molecule has 7 heteroatoms. The monoisotopic (exact) mass is 480 g/mol. The molecule has 0 heterocycles. The maximum Gasteiger partial charge on any atom is 0.266 e. The van der Waals surface area contributed by atoms with E-state index in [0.29, 0.717) is 17.1 Å². The lowest BCUT2D eigenvalue weighted by molar-refractivity contribution is -0.112. The van der Waals surface area contributed by atoms with Crippen molar-refractivity contribution < 1.29 is 18.7 Å². The third kappa shape index (κ3) is 5.93. The number of nitriles is 1. The second-order valence-electron chi connectivity index (χ2n) is 6.42. The van der Waals surface area contributed by atoms with E-state index in [9.17, 15) is 14.4 Å². The molecule has 0 atom stereocenters. The molecule has 0 aromatic heterocycles. The number of ether oxygens (including phenoxy) is 2. The Morgan fingerprint density at radius 3 is 2.58 bits per heavy atom. The molecular formula is C24H18BrFN2O3. The van der Waals surface area contributed by atoms with Crippen LogP contribution in [-0.4, -0.2) is 13.0 Å². The molecule has 3 rings (SSSR count). The van der Waals surface area contributed by atoms with E-state index in [2.05, 4.69) is 21.2 Å². The Labute approximate surface area is 187 Å². The topological polar surface area (TPSA) is 71.3 Å². The molecule has 0 fully saturated rings. The summed E-state index contributed by atoms with van der Waals surface area (Å²) in [6.07, 6.45) is 1.40. The number of methoxy groups -OCH3 is 1. The molecule has 0 radical (unpaired) electrons. The van der Waals surface area contributed by atoms with Gasteiger partial charge in [-0.15, -0.1) is 0 Å². The van der Waals surface area contributed by atoms with E-state index < -0.39 is 11.7 Å². The van der Waals surface area contributed by atoms with E-state index >= 15 is 0 Å². The van der Waals surface area contributed by atoms with Gasteiger partial charge in [-0.25, -0.2) is 4.39 Å². The van der Waals surface area contributed by atoms with Gasteiger partial charge < -0.3 is 14.8 Å². The second-order valence-corrected chi connectivity index (χ2v) is 7.34. The molecule has 3 aromatic rings. The standard InChI is InChI=1S/C24H18BrFN2O3/c1-30-20-11-8-17(23(13-20)31-15-16-6-9-19(25)10-7-16)12-18(14-27)24(29)28-22-5-3-2-4-21(22)26/h2-13H,15H2,1H3,(H,28,29)/b18-12+. The van der Waals surface area contributed by atoms with Crippen LogP contribution in [0.2, 0.25) is 0 Å². The van der Waals surface area contributed by atoms with Gasteiger partial charge in [0.05, 0.1) is 12.8 Å². The third-order valence-corrected chi connectivity index (χ3v) is 4.84. The average molecular weight is 481 g/mol. The van der Waals surface area contributed by atoms with Crippen molar-refractivity contribution in [2.75, 3.05) is 12.4 Å². The van der Waals surface area contributed by atoms with Crippen molar-refractivity contribution in [2.24, 2.45) is 0 Å². The summed E-state index contributed by atoms with van der Waals surface area (Å²) < 4.78 is 26.0. The molecule has 0 saturated carbocycles. The van der Waals surface area contributed by atoms with Crippen LogP contribution in [0.5, 0.6) is 11.5 Å². The minimum absolute atomic E-state index is 0.00454. The summed E-state index contributed by atoms with van der Waals surface area (Å²) >= 11 is 3.39. The van der Waals surface area contributed by atoms with Crippen molar-refractivity contribution in [1.82, 2.24) is 0 Å². The van der Waals surface area contributed by atoms with Gasteiger partial charge in [0.15, 0.2) is 0 Å². The van der Waals surface area contributed by atoms with Crippen molar-refractivity contribution in [3.05, 3.63) is 93.7 Å². The normalized spacial score (nSPS) is 10.8. The molecule has 0 bridgehead atoms. The smallest absolute Gasteiger partial charge is 0.266 e. The highest BCUT2D eigenvalue weighted by Gasteiger charge is 2.14. The van der Waals surface area contributed by atoms with Crippen LogP contribution in [0.1, 0.15) is 11.1 Å². The number of halogens is 2. The summed E-state index contributed by atoms with van der Waals surface area (Å²) in [5.41, 5.74) is 1.26. The van der Waals surface area contributed by atoms with Crippen LogP contribution in [0.4, 0.5) is 10.1 Å². The molecule has 1 N–H and O–H groups in total. The molecule has 0 unspecified atom stereocenters. The number of benzene rings is 3. The highest BCUT2D eigenvalue weighted by molar-refractivity contribution is 9.10. The van der Waals surface area contributed by atoms with Crippen molar-refractivity contribution in [2.45, 2.75) is 6.61 Å². The SMILES string of the molecule is COc1ccc(/C=C(\C#N)C(=O)Nc2ccccc2F)c(OCc2ccc(Br)cc2)c1.